The zero-order valence-electron chi connectivity index (χ0n) is 18.9. The van der Waals surface area contributed by atoms with E-state index in [0.29, 0.717) is 43.7 Å². The van der Waals surface area contributed by atoms with Gasteiger partial charge in [-0.1, -0.05) is 13.8 Å². The minimum Gasteiger partial charge on any atom is -0.302 e. The number of ketones is 2. The maximum atomic E-state index is 13.5. The molecule has 1 saturated heterocycles. The van der Waals surface area contributed by atoms with Crippen LogP contribution >= 0.6 is 0 Å². The number of nitrogens with zero attached hydrogens (tertiary/aromatic N) is 1. The minimum atomic E-state index is -3.39. The van der Waals surface area contributed by atoms with Crippen LogP contribution in [0.4, 0.5) is 14.5 Å². The summed E-state index contributed by atoms with van der Waals surface area (Å²) in [6, 6.07) is 9.54. The van der Waals surface area contributed by atoms with Crippen molar-refractivity contribution in [1.82, 2.24) is 4.90 Å². The van der Waals surface area contributed by atoms with Crippen molar-refractivity contribution in [2.75, 3.05) is 30.6 Å². The highest BCUT2D eigenvalue weighted by atomic mass is 32.2. The molecule has 178 valence electrons. The number of rotatable bonds is 8. The van der Waals surface area contributed by atoms with Crippen LogP contribution < -0.4 is 4.72 Å². The van der Waals surface area contributed by atoms with Gasteiger partial charge >= 0.3 is 0 Å². The quantitative estimate of drug-likeness (QED) is 0.577. The van der Waals surface area contributed by atoms with Crippen molar-refractivity contribution >= 4 is 27.3 Å². The number of carbonyl (C=O) groups excluding carboxylic acids is 2. The Kier molecular flexibility index (Phi) is 7.33. The zero-order valence-corrected chi connectivity index (χ0v) is 19.7. The standard InChI is InChI=1S/C24H28F2N2O4S/c1-24(2,23(30)17-4-7-19(8-5-17)27-33(3,31)32)15-28-12-10-16(11-13-28)22(29)18-6-9-20(25)21(26)14-18/h4-9,14,16,27H,10-13,15H2,1-3H3. The Labute approximate surface area is 193 Å². The average molecular weight is 479 g/mol. The number of hydrogen-bond acceptors (Lipinski definition) is 5. The van der Waals surface area contributed by atoms with Crippen LogP contribution in [0.3, 0.4) is 0 Å². The second-order valence-electron chi connectivity index (χ2n) is 9.21. The topological polar surface area (TPSA) is 83.6 Å². The van der Waals surface area contributed by atoms with Crippen LogP contribution in [0.25, 0.3) is 0 Å². The Bertz CT molecular complexity index is 1140. The summed E-state index contributed by atoms with van der Waals surface area (Å²) < 4.78 is 51.6. The molecule has 9 heteroatoms. The van der Waals surface area contributed by atoms with Gasteiger partial charge in [0.25, 0.3) is 0 Å². The van der Waals surface area contributed by atoms with Gasteiger partial charge in [-0.25, -0.2) is 17.2 Å². The Morgan fingerprint density at radius 2 is 1.58 bits per heavy atom. The molecule has 0 saturated carbocycles. The van der Waals surface area contributed by atoms with Crippen molar-refractivity contribution in [2.24, 2.45) is 11.3 Å². The molecule has 0 bridgehead atoms. The molecule has 0 unspecified atom stereocenters. The molecule has 3 rings (SSSR count). The molecular weight excluding hydrogens is 450 g/mol. The molecule has 1 aliphatic heterocycles. The minimum absolute atomic E-state index is 0.0617. The highest BCUT2D eigenvalue weighted by Gasteiger charge is 2.34. The molecule has 0 aliphatic carbocycles. The van der Waals surface area contributed by atoms with E-state index in [1.165, 1.54) is 6.07 Å². The van der Waals surface area contributed by atoms with Gasteiger partial charge in [0.05, 0.1) is 6.26 Å². The summed E-state index contributed by atoms with van der Waals surface area (Å²) >= 11 is 0. The molecule has 0 atom stereocenters. The number of carbonyl (C=O) groups is 2. The maximum absolute atomic E-state index is 13.5. The number of halogens is 2. The first-order valence-electron chi connectivity index (χ1n) is 10.7. The predicted molar refractivity (Wildman–Crippen MR) is 123 cm³/mol. The molecule has 33 heavy (non-hydrogen) atoms. The van der Waals surface area contributed by atoms with Crippen molar-refractivity contribution < 1.29 is 26.8 Å². The Balaban J connectivity index is 1.58. The smallest absolute Gasteiger partial charge is 0.229 e. The number of anilines is 1. The van der Waals surface area contributed by atoms with E-state index in [-0.39, 0.29) is 23.0 Å². The number of piperidine rings is 1. The van der Waals surface area contributed by atoms with E-state index >= 15 is 0 Å². The molecule has 6 nitrogen and oxygen atoms in total. The van der Waals surface area contributed by atoms with Crippen LogP contribution in [0.15, 0.2) is 42.5 Å². The predicted octanol–water partition coefficient (Wildman–Crippen LogP) is 4.14. The number of sulfonamides is 1. The third-order valence-corrected chi connectivity index (χ3v) is 6.45. The lowest BCUT2D eigenvalue weighted by Crippen LogP contribution is -2.44. The number of benzene rings is 2. The average Bonchev–Trinajstić information content (AvgIpc) is 2.74. The molecule has 2 aromatic rings. The van der Waals surface area contributed by atoms with Gasteiger partial charge in [0, 0.05) is 34.7 Å². The van der Waals surface area contributed by atoms with E-state index in [2.05, 4.69) is 9.62 Å². The summed E-state index contributed by atoms with van der Waals surface area (Å²) in [5, 5.41) is 0. The molecule has 0 aromatic heterocycles. The van der Waals surface area contributed by atoms with Crippen molar-refractivity contribution in [1.29, 1.82) is 0 Å². The molecule has 1 heterocycles. The molecule has 2 aromatic carbocycles. The summed E-state index contributed by atoms with van der Waals surface area (Å²) in [4.78, 5) is 27.9. The van der Waals surface area contributed by atoms with Gasteiger partial charge in [0.1, 0.15) is 0 Å². The van der Waals surface area contributed by atoms with Crippen molar-refractivity contribution in [3.05, 3.63) is 65.2 Å². The van der Waals surface area contributed by atoms with Gasteiger partial charge < -0.3 is 4.90 Å². The second-order valence-corrected chi connectivity index (χ2v) is 11.0. The zero-order chi connectivity index (χ0) is 24.4. The number of nitrogens with one attached hydrogen (secondary N) is 1. The van der Waals surface area contributed by atoms with Crippen molar-refractivity contribution in [3.63, 3.8) is 0 Å². The molecular formula is C24H28F2N2O4S. The maximum Gasteiger partial charge on any atom is 0.229 e. The van der Waals surface area contributed by atoms with Crippen LogP contribution in [-0.2, 0) is 10.0 Å². The highest BCUT2D eigenvalue weighted by Crippen LogP contribution is 2.28. The van der Waals surface area contributed by atoms with Gasteiger partial charge in [0.15, 0.2) is 23.2 Å². The number of hydrogen-bond donors (Lipinski definition) is 1. The van der Waals surface area contributed by atoms with E-state index in [0.717, 1.165) is 18.4 Å². The van der Waals surface area contributed by atoms with E-state index < -0.39 is 27.1 Å². The summed E-state index contributed by atoms with van der Waals surface area (Å²) in [5.41, 5.74) is 0.363. The largest absolute Gasteiger partial charge is 0.302 e. The number of Topliss-reactive ketones (excluding diaryl/α,β-unsaturated/α-hetero) is 2. The SMILES string of the molecule is CC(C)(CN1CCC(C(=O)c2ccc(F)c(F)c2)CC1)C(=O)c1ccc(NS(C)(=O)=O)cc1. The second kappa shape index (κ2) is 9.69. The van der Waals surface area contributed by atoms with E-state index in [9.17, 15) is 26.8 Å². The third-order valence-electron chi connectivity index (χ3n) is 5.85. The first-order valence-corrected chi connectivity index (χ1v) is 12.6. The van der Waals surface area contributed by atoms with Gasteiger partial charge in [-0.2, -0.15) is 0 Å². The van der Waals surface area contributed by atoms with E-state index in [1.807, 2.05) is 13.8 Å². The lowest BCUT2D eigenvalue weighted by Gasteiger charge is -2.36. The normalized spacial score (nSPS) is 15.9. The molecule has 0 amide bonds. The van der Waals surface area contributed by atoms with Gasteiger partial charge in [-0.15, -0.1) is 0 Å². The monoisotopic (exact) mass is 478 g/mol. The summed E-state index contributed by atoms with van der Waals surface area (Å²) in [6.07, 6.45) is 2.21. The fraction of sp³-hybridized carbons (Fsp3) is 0.417. The van der Waals surface area contributed by atoms with Crippen LogP contribution in [0.5, 0.6) is 0 Å². The van der Waals surface area contributed by atoms with Crippen LogP contribution in [-0.4, -0.2) is 50.8 Å². The fourth-order valence-corrected chi connectivity index (χ4v) is 4.73. The summed E-state index contributed by atoms with van der Waals surface area (Å²) in [6.45, 7) is 5.45. The molecule has 0 spiro atoms. The van der Waals surface area contributed by atoms with Crippen LogP contribution in [0, 0.1) is 23.0 Å². The Morgan fingerprint density at radius 3 is 2.12 bits per heavy atom. The van der Waals surface area contributed by atoms with Crippen molar-refractivity contribution in [2.45, 2.75) is 26.7 Å². The molecule has 1 N–H and O–H groups in total. The van der Waals surface area contributed by atoms with Crippen LogP contribution in [0.1, 0.15) is 47.4 Å². The summed E-state index contributed by atoms with van der Waals surface area (Å²) in [5.74, 6) is -2.52. The highest BCUT2D eigenvalue weighted by molar-refractivity contribution is 7.92. The van der Waals surface area contributed by atoms with Gasteiger partial charge in [-0.3, -0.25) is 14.3 Å². The van der Waals surface area contributed by atoms with Gasteiger partial charge in [-0.05, 0) is 68.4 Å². The molecule has 1 fully saturated rings. The third kappa shape index (κ3) is 6.45. The van der Waals surface area contributed by atoms with Crippen molar-refractivity contribution in [3.8, 4) is 0 Å². The van der Waals surface area contributed by atoms with E-state index in [4.69, 9.17) is 0 Å². The summed E-state index contributed by atoms with van der Waals surface area (Å²) in [7, 11) is -3.39. The van der Waals surface area contributed by atoms with Crippen LogP contribution in [0.2, 0.25) is 0 Å². The number of likely N-dealkylation sites (tertiary alicyclic amines) is 1. The van der Waals surface area contributed by atoms with Gasteiger partial charge in [0.2, 0.25) is 10.0 Å². The Hall–Kier alpha value is -2.65. The molecule has 1 aliphatic rings. The first-order chi connectivity index (χ1) is 15.4. The molecule has 0 radical (unpaired) electrons. The van der Waals surface area contributed by atoms with E-state index in [1.54, 1.807) is 24.3 Å². The first kappa shape index (κ1) is 25.0. The lowest BCUT2D eigenvalue weighted by atomic mass is 9.82. The fourth-order valence-electron chi connectivity index (χ4n) is 4.16. The Morgan fingerprint density at radius 1 is 1.00 bits per heavy atom. The lowest BCUT2D eigenvalue weighted by molar-refractivity contribution is 0.0677.